The number of sulfonamides is 1. The average molecular weight is 527 g/mol. The number of rotatable bonds is 8. The SMILES string of the molecule is CC(C)[Si](C#Cc1cccc(Br)c1CCCNS(=O)(=O)C(F)(F)F)(C(C)C)C(C)C. The van der Waals surface area contributed by atoms with Crippen LogP contribution in [0.25, 0.3) is 0 Å². The van der Waals surface area contributed by atoms with Crippen LogP contribution in [0.1, 0.15) is 59.1 Å². The third-order valence-corrected chi connectivity index (χ3v) is 13.8. The molecule has 1 N–H and O–H groups in total. The second-order valence-corrected chi connectivity index (χ2v) is 16.6. The fraction of sp³-hybridized carbons (Fsp3) is 0.619. The van der Waals surface area contributed by atoms with E-state index in [1.807, 2.05) is 18.2 Å². The van der Waals surface area contributed by atoms with Gasteiger partial charge >= 0.3 is 15.5 Å². The summed E-state index contributed by atoms with van der Waals surface area (Å²) in [4.78, 5) is 0. The van der Waals surface area contributed by atoms with Gasteiger partial charge < -0.3 is 0 Å². The van der Waals surface area contributed by atoms with E-state index in [9.17, 15) is 21.6 Å². The van der Waals surface area contributed by atoms with E-state index in [-0.39, 0.29) is 13.0 Å². The summed E-state index contributed by atoms with van der Waals surface area (Å²) in [6.45, 7) is 13.1. The number of hydrogen-bond acceptors (Lipinski definition) is 2. The molecule has 0 heterocycles. The van der Waals surface area contributed by atoms with E-state index >= 15 is 0 Å². The van der Waals surface area contributed by atoms with Crippen LogP contribution in [-0.4, -0.2) is 28.5 Å². The van der Waals surface area contributed by atoms with Gasteiger partial charge in [0.05, 0.1) is 0 Å². The van der Waals surface area contributed by atoms with Gasteiger partial charge in [0, 0.05) is 16.6 Å². The minimum absolute atomic E-state index is 0.230. The standard InChI is InChI=1S/C21H31BrF3NO2SSi/c1-15(2)30(16(3)4,17(5)6)14-12-18-9-7-11-20(22)19(18)10-8-13-26-29(27,28)21(23,24)25/h7,9,11,15-17,26H,8,10,13H2,1-6H3. The molecule has 0 aliphatic carbocycles. The summed E-state index contributed by atoms with van der Waals surface area (Å²) >= 11 is 3.50. The van der Waals surface area contributed by atoms with Crippen molar-refractivity contribution < 1.29 is 21.6 Å². The van der Waals surface area contributed by atoms with Gasteiger partial charge in [-0.2, -0.15) is 13.2 Å². The van der Waals surface area contributed by atoms with Crippen LogP contribution in [0, 0.1) is 11.5 Å². The second-order valence-electron chi connectivity index (χ2n) is 8.36. The van der Waals surface area contributed by atoms with Crippen molar-refractivity contribution in [2.24, 2.45) is 0 Å². The molecule has 9 heteroatoms. The molecule has 170 valence electrons. The molecule has 0 amide bonds. The molecule has 0 aliphatic heterocycles. The van der Waals surface area contributed by atoms with E-state index < -0.39 is 23.6 Å². The first-order valence-electron chi connectivity index (χ1n) is 10.0. The highest BCUT2D eigenvalue weighted by Gasteiger charge is 2.45. The second kappa shape index (κ2) is 10.7. The number of nitrogens with one attached hydrogen (secondary N) is 1. The number of benzene rings is 1. The molecule has 0 aliphatic rings. The molecule has 3 nitrogen and oxygen atoms in total. The van der Waals surface area contributed by atoms with Crippen LogP contribution in [0.3, 0.4) is 0 Å². The Bertz CT molecular complexity index is 866. The summed E-state index contributed by atoms with van der Waals surface area (Å²) in [5, 5.41) is 0. The summed E-state index contributed by atoms with van der Waals surface area (Å²) in [5.41, 5.74) is 1.53. The van der Waals surface area contributed by atoms with E-state index in [2.05, 4.69) is 68.9 Å². The van der Waals surface area contributed by atoms with Crippen LogP contribution < -0.4 is 4.72 Å². The van der Waals surface area contributed by atoms with Gasteiger partial charge in [0.1, 0.15) is 8.07 Å². The van der Waals surface area contributed by atoms with E-state index in [0.717, 1.165) is 15.6 Å². The summed E-state index contributed by atoms with van der Waals surface area (Å²) in [6, 6.07) is 5.65. The Hall–Kier alpha value is -0.823. The van der Waals surface area contributed by atoms with E-state index in [0.29, 0.717) is 23.0 Å². The number of hydrogen-bond donors (Lipinski definition) is 1. The summed E-state index contributed by atoms with van der Waals surface area (Å²) in [6.07, 6.45) is 0.638. The van der Waals surface area contributed by atoms with Gasteiger partial charge in [0.25, 0.3) is 0 Å². The zero-order valence-electron chi connectivity index (χ0n) is 18.3. The van der Waals surface area contributed by atoms with Crippen molar-refractivity contribution >= 4 is 34.0 Å². The largest absolute Gasteiger partial charge is 0.511 e. The molecular weight excluding hydrogens is 495 g/mol. The van der Waals surface area contributed by atoms with Gasteiger partial charge in [0.15, 0.2) is 0 Å². The predicted octanol–water partition coefficient (Wildman–Crippen LogP) is 6.39. The lowest BCUT2D eigenvalue weighted by molar-refractivity contribution is -0.0447. The van der Waals surface area contributed by atoms with E-state index in [1.165, 1.54) is 0 Å². The van der Waals surface area contributed by atoms with Gasteiger partial charge in [-0.05, 0) is 47.2 Å². The Morgan fingerprint density at radius 2 is 1.60 bits per heavy atom. The summed E-state index contributed by atoms with van der Waals surface area (Å²) in [7, 11) is -7.24. The zero-order chi connectivity index (χ0) is 23.3. The van der Waals surface area contributed by atoms with Crippen molar-refractivity contribution in [2.75, 3.05) is 6.54 Å². The maximum Gasteiger partial charge on any atom is 0.511 e. The van der Waals surface area contributed by atoms with Crippen molar-refractivity contribution in [1.29, 1.82) is 0 Å². The van der Waals surface area contributed by atoms with Crippen molar-refractivity contribution in [3.63, 3.8) is 0 Å². The monoisotopic (exact) mass is 525 g/mol. The lowest BCUT2D eigenvalue weighted by Crippen LogP contribution is -2.43. The van der Waals surface area contributed by atoms with Crippen LogP contribution in [-0.2, 0) is 16.4 Å². The summed E-state index contributed by atoms with van der Waals surface area (Å²) < 4.78 is 62.0. The molecule has 0 atom stereocenters. The predicted molar refractivity (Wildman–Crippen MR) is 123 cm³/mol. The molecule has 0 fully saturated rings. The highest BCUT2D eigenvalue weighted by atomic mass is 79.9. The van der Waals surface area contributed by atoms with Crippen molar-refractivity contribution in [3.05, 3.63) is 33.8 Å². The van der Waals surface area contributed by atoms with Crippen molar-refractivity contribution in [1.82, 2.24) is 4.72 Å². The Morgan fingerprint density at radius 1 is 1.07 bits per heavy atom. The van der Waals surface area contributed by atoms with Gasteiger partial charge in [-0.25, -0.2) is 13.1 Å². The van der Waals surface area contributed by atoms with Crippen LogP contribution in [0.4, 0.5) is 13.2 Å². The Kier molecular flexibility index (Phi) is 9.67. The van der Waals surface area contributed by atoms with E-state index in [1.54, 1.807) is 4.72 Å². The van der Waals surface area contributed by atoms with Gasteiger partial charge in [-0.15, -0.1) is 5.54 Å². The number of halogens is 4. The van der Waals surface area contributed by atoms with Crippen LogP contribution in [0.2, 0.25) is 16.6 Å². The smallest absolute Gasteiger partial charge is 0.207 e. The topological polar surface area (TPSA) is 46.2 Å². The Balaban J connectivity index is 3.13. The quantitative estimate of drug-likeness (QED) is 0.242. The minimum atomic E-state index is -5.31. The molecule has 0 bridgehead atoms. The highest BCUT2D eigenvalue weighted by Crippen LogP contribution is 2.41. The minimum Gasteiger partial charge on any atom is -0.207 e. The average Bonchev–Trinajstić information content (AvgIpc) is 2.58. The maximum absolute atomic E-state index is 12.4. The number of alkyl halides is 3. The Labute approximate surface area is 188 Å². The molecule has 0 radical (unpaired) electrons. The zero-order valence-corrected chi connectivity index (χ0v) is 21.7. The molecule has 1 aromatic rings. The fourth-order valence-corrected chi connectivity index (χ4v) is 10.5. The normalized spacial score (nSPS) is 13.1. The highest BCUT2D eigenvalue weighted by molar-refractivity contribution is 9.10. The first kappa shape index (κ1) is 27.2. The third kappa shape index (κ3) is 6.34. The molecule has 1 rings (SSSR count). The molecule has 0 saturated carbocycles. The lowest BCUT2D eigenvalue weighted by atomic mass is 10.0. The first-order chi connectivity index (χ1) is 13.7. The fourth-order valence-electron chi connectivity index (χ4n) is 4.09. The molecule has 0 saturated heterocycles. The third-order valence-electron chi connectivity index (χ3n) is 5.60. The maximum atomic E-state index is 12.4. The first-order valence-corrected chi connectivity index (χ1v) is 14.5. The summed E-state index contributed by atoms with van der Waals surface area (Å²) in [5.74, 6) is 3.38. The van der Waals surface area contributed by atoms with Crippen molar-refractivity contribution in [3.8, 4) is 11.5 Å². The molecule has 1 aromatic carbocycles. The lowest BCUT2D eigenvalue weighted by Gasteiger charge is -2.38. The van der Waals surface area contributed by atoms with Crippen LogP contribution >= 0.6 is 15.9 Å². The van der Waals surface area contributed by atoms with Crippen LogP contribution in [0.5, 0.6) is 0 Å². The Morgan fingerprint density at radius 3 is 2.07 bits per heavy atom. The van der Waals surface area contributed by atoms with Gasteiger partial charge in [0.2, 0.25) is 0 Å². The van der Waals surface area contributed by atoms with Crippen molar-refractivity contribution in [2.45, 2.75) is 76.5 Å². The molecule has 0 unspecified atom stereocenters. The van der Waals surface area contributed by atoms with Crippen LogP contribution in [0.15, 0.2) is 22.7 Å². The molecular formula is C21H31BrF3NO2SSi. The molecule has 30 heavy (non-hydrogen) atoms. The molecule has 0 spiro atoms. The molecule has 0 aromatic heterocycles. The van der Waals surface area contributed by atoms with Gasteiger partial charge in [-0.1, -0.05) is 69.5 Å². The van der Waals surface area contributed by atoms with E-state index in [4.69, 9.17) is 0 Å². The van der Waals surface area contributed by atoms with Gasteiger partial charge in [-0.3, -0.25) is 0 Å².